The van der Waals surface area contributed by atoms with Crippen molar-refractivity contribution < 1.29 is 9.90 Å². The summed E-state index contributed by atoms with van der Waals surface area (Å²) in [6.07, 6.45) is 5.08. The molecule has 0 bridgehead atoms. The van der Waals surface area contributed by atoms with Gasteiger partial charge >= 0.3 is 6.09 Å². The van der Waals surface area contributed by atoms with Crippen LogP contribution < -0.4 is 5.32 Å². The van der Waals surface area contributed by atoms with Crippen molar-refractivity contribution in [3.8, 4) is 0 Å². The molecule has 0 radical (unpaired) electrons. The number of carboxylic acid groups (broad SMARTS) is 1. The molecule has 0 saturated carbocycles. The molecule has 1 fully saturated rings. The molecule has 1 saturated heterocycles. The van der Waals surface area contributed by atoms with Gasteiger partial charge < -0.3 is 10.4 Å². The lowest BCUT2D eigenvalue weighted by Gasteiger charge is -2.46. The van der Waals surface area contributed by atoms with Gasteiger partial charge in [0, 0.05) is 32.0 Å². The van der Waals surface area contributed by atoms with Crippen molar-refractivity contribution in [2.45, 2.75) is 24.8 Å². The average Bonchev–Trinajstić information content (AvgIpc) is 2.62. The van der Waals surface area contributed by atoms with Crippen LogP contribution in [0.25, 0.3) is 0 Å². The molecule has 3 rings (SSSR count). The maximum Gasteiger partial charge on any atom is 0.407 e. The van der Waals surface area contributed by atoms with Gasteiger partial charge in [-0.3, -0.25) is 9.88 Å². The molecule has 24 heavy (non-hydrogen) atoms. The Kier molecular flexibility index (Phi) is 5.11. The summed E-state index contributed by atoms with van der Waals surface area (Å²) in [5.74, 6) is 0. The van der Waals surface area contributed by atoms with E-state index in [9.17, 15) is 9.90 Å². The van der Waals surface area contributed by atoms with Crippen LogP contribution in [0.15, 0.2) is 54.9 Å². The van der Waals surface area contributed by atoms with Crippen LogP contribution in [0, 0.1) is 0 Å². The third-order valence-corrected chi connectivity index (χ3v) is 4.75. The topological polar surface area (TPSA) is 65.5 Å². The summed E-state index contributed by atoms with van der Waals surface area (Å²) in [7, 11) is 0. The standard InChI is InChI=1S/C19H23N3O2/c23-18(24)22-12-11-21-15-19(22,13-16-5-2-1-3-6-16)9-8-17-7-4-10-20-14-17/h1-7,10,14,21H,8-9,11-13,15H2,(H,23,24). The normalized spacial score (nSPS) is 20.8. The van der Waals surface area contributed by atoms with Crippen LogP contribution in [0.5, 0.6) is 0 Å². The molecule has 1 aliphatic rings. The lowest BCUT2D eigenvalue weighted by atomic mass is 9.82. The number of nitrogens with one attached hydrogen (secondary N) is 1. The van der Waals surface area contributed by atoms with Gasteiger partial charge in [-0.05, 0) is 36.5 Å². The highest BCUT2D eigenvalue weighted by molar-refractivity contribution is 5.66. The number of pyridine rings is 1. The van der Waals surface area contributed by atoms with E-state index in [-0.39, 0.29) is 0 Å². The molecular weight excluding hydrogens is 302 g/mol. The lowest BCUT2D eigenvalue weighted by Crippen LogP contribution is -2.64. The second-order valence-corrected chi connectivity index (χ2v) is 6.36. The Bertz CT molecular complexity index is 663. The van der Waals surface area contributed by atoms with E-state index in [1.807, 2.05) is 36.5 Å². The van der Waals surface area contributed by atoms with E-state index in [2.05, 4.69) is 22.4 Å². The minimum atomic E-state index is -0.835. The zero-order chi connectivity index (χ0) is 16.8. The van der Waals surface area contributed by atoms with Crippen molar-refractivity contribution in [2.75, 3.05) is 19.6 Å². The Morgan fingerprint density at radius 3 is 2.71 bits per heavy atom. The summed E-state index contributed by atoms with van der Waals surface area (Å²) in [5, 5.41) is 13.1. The molecule has 5 nitrogen and oxygen atoms in total. The van der Waals surface area contributed by atoms with Crippen LogP contribution in [-0.2, 0) is 12.8 Å². The van der Waals surface area contributed by atoms with Gasteiger partial charge in [0.2, 0.25) is 0 Å². The number of nitrogens with zero attached hydrogens (tertiary/aromatic N) is 2. The minimum absolute atomic E-state index is 0.429. The third-order valence-electron chi connectivity index (χ3n) is 4.75. The molecule has 1 aromatic carbocycles. The molecule has 1 aliphatic heterocycles. The number of piperazine rings is 1. The van der Waals surface area contributed by atoms with Crippen LogP contribution in [0.1, 0.15) is 17.5 Å². The van der Waals surface area contributed by atoms with Gasteiger partial charge in [0.05, 0.1) is 5.54 Å². The summed E-state index contributed by atoms with van der Waals surface area (Å²) in [5.41, 5.74) is 1.88. The highest BCUT2D eigenvalue weighted by atomic mass is 16.4. The maximum absolute atomic E-state index is 11.9. The monoisotopic (exact) mass is 325 g/mol. The van der Waals surface area contributed by atoms with Crippen molar-refractivity contribution >= 4 is 6.09 Å². The van der Waals surface area contributed by atoms with Gasteiger partial charge in [-0.25, -0.2) is 4.79 Å². The molecule has 1 atom stereocenters. The van der Waals surface area contributed by atoms with E-state index in [1.54, 1.807) is 11.1 Å². The van der Waals surface area contributed by atoms with Gasteiger partial charge in [-0.1, -0.05) is 36.4 Å². The number of hydrogen-bond donors (Lipinski definition) is 2. The molecule has 5 heteroatoms. The summed E-state index contributed by atoms with van der Waals surface area (Å²) in [6.45, 7) is 1.90. The molecule has 1 amide bonds. The molecule has 2 N–H and O–H groups in total. The Hall–Kier alpha value is -2.40. The van der Waals surface area contributed by atoms with Gasteiger partial charge in [0.25, 0.3) is 0 Å². The maximum atomic E-state index is 11.9. The first-order valence-electron chi connectivity index (χ1n) is 8.34. The Morgan fingerprint density at radius 2 is 2.00 bits per heavy atom. The fourth-order valence-corrected chi connectivity index (χ4v) is 3.51. The Morgan fingerprint density at radius 1 is 1.21 bits per heavy atom. The lowest BCUT2D eigenvalue weighted by molar-refractivity contribution is 0.0508. The van der Waals surface area contributed by atoms with Crippen LogP contribution in [0.2, 0.25) is 0 Å². The fourth-order valence-electron chi connectivity index (χ4n) is 3.51. The first kappa shape index (κ1) is 16.5. The number of rotatable bonds is 5. The van der Waals surface area contributed by atoms with E-state index in [0.717, 1.165) is 18.4 Å². The highest BCUT2D eigenvalue weighted by Crippen LogP contribution is 2.28. The zero-order valence-corrected chi connectivity index (χ0v) is 13.7. The van der Waals surface area contributed by atoms with Gasteiger partial charge in [0.15, 0.2) is 0 Å². The second kappa shape index (κ2) is 7.45. The predicted molar refractivity (Wildman–Crippen MR) is 93.0 cm³/mol. The second-order valence-electron chi connectivity index (χ2n) is 6.36. The summed E-state index contributed by atoms with van der Waals surface area (Å²) in [6, 6.07) is 14.1. The number of aryl methyl sites for hydroxylation is 1. The number of hydrogen-bond acceptors (Lipinski definition) is 3. The smallest absolute Gasteiger partial charge is 0.407 e. The summed E-state index contributed by atoms with van der Waals surface area (Å²) in [4.78, 5) is 17.7. The molecular formula is C19H23N3O2. The van der Waals surface area contributed by atoms with E-state index in [0.29, 0.717) is 26.1 Å². The Balaban J connectivity index is 1.85. The first-order valence-corrected chi connectivity index (χ1v) is 8.34. The SMILES string of the molecule is O=C(O)N1CCNCC1(CCc1cccnc1)Cc1ccccc1. The van der Waals surface area contributed by atoms with Crippen molar-refractivity contribution in [1.29, 1.82) is 0 Å². The van der Waals surface area contributed by atoms with Crippen LogP contribution in [0.3, 0.4) is 0 Å². The quantitative estimate of drug-likeness (QED) is 0.887. The number of amides is 1. The summed E-state index contributed by atoms with van der Waals surface area (Å²) >= 11 is 0. The number of aromatic nitrogens is 1. The fraction of sp³-hybridized carbons (Fsp3) is 0.368. The van der Waals surface area contributed by atoms with E-state index < -0.39 is 11.6 Å². The third kappa shape index (κ3) is 3.74. The predicted octanol–water partition coefficient (Wildman–Crippen LogP) is 2.58. The first-order chi connectivity index (χ1) is 11.7. The van der Waals surface area contributed by atoms with Crippen molar-refractivity contribution in [1.82, 2.24) is 15.2 Å². The zero-order valence-electron chi connectivity index (χ0n) is 13.7. The molecule has 2 heterocycles. The minimum Gasteiger partial charge on any atom is -0.465 e. The van der Waals surface area contributed by atoms with Crippen LogP contribution >= 0.6 is 0 Å². The Labute approximate surface area is 142 Å². The van der Waals surface area contributed by atoms with Crippen molar-refractivity contribution in [2.24, 2.45) is 0 Å². The summed E-state index contributed by atoms with van der Waals surface area (Å²) < 4.78 is 0. The average molecular weight is 325 g/mol. The molecule has 0 aliphatic carbocycles. The van der Waals surface area contributed by atoms with Gasteiger partial charge in [-0.15, -0.1) is 0 Å². The van der Waals surface area contributed by atoms with Crippen LogP contribution in [0.4, 0.5) is 4.79 Å². The van der Waals surface area contributed by atoms with Crippen molar-refractivity contribution in [3.05, 3.63) is 66.0 Å². The van der Waals surface area contributed by atoms with Gasteiger partial charge in [0.1, 0.15) is 0 Å². The van der Waals surface area contributed by atoms with Gasteiger partial charge in [-0.2, -0.15) is 0 Å². The van der Waals surface area contributed by atoms with E-state index >= 15 is 0 Å². The molecule has 1 unspecified atom stereocenters. The number of benzene rings is 1. The largest absolute Gasteiger partial charge is 0.465 e. The van der Waals surface area contributed by atoms with Crippen molar-refractivity contribution in [3.63, 3.8) is 0 Å². The molecule has 1 aromatic heterocycles. The van der Waals surface area contributed by atoms with E-state index in [1.165, 1.54) is 5.56 Å². The highest BCUT2D eigenvalue weighted by Gasteiger charge is 2.41. The number of carbonyl (C=O) groups is 1. The van der Waals surface area contributed by atoms with Crippen LogP contribution in [-0.4, -0.2) is 46.3 Å². The van der Waals surface area contributed by atoms with E-state index in [4.69, 9.17) is 0 Å². The molecule has 0 spiro atoms. The molecule has 2 aromatic rings. The molecule has 126 valence electrons.